The van der Waals surface area contributed by atoms with Crippen LogP contribution in [0.1, 0.15) is 16.1 Å². The summed E-state index contributed by atoms with van der Waals surface area (Å²) in [6, 6.07) is 5.21. The van der Waals surface area contributed by atoms with Gasteiger partial charge in [-0.1, -0.05) is 23.2 Å². The molecule has 1 aromatic heterocycles. The van der Waals surface area contributed by atoms with Gasteiger partial charge in [0, 0.05) is 12.3 Å². The van der Waals surface area contributed by atoms with E-state index in [0.29, 0.717) is 0 Å². The quantitative estimate of drug-likeness (QED) is 0.831. The second kappa shape index (κ2) is 4.84. The molecule has 2 aromatic rings. The lowest BCUT2D eigenvalue weighted by Gasteiger charge is -2.06. The fourth-order valence-electron chi connectivity index (χ4n) is 1.42. The SMILES string of the molecule is O=C(c1cc(Cl)c(Cl)cc1O)c1ncccc1O. The smallest absolute Gasteiger partial charge is 0.218 e. The van der Waals surface area contributed by atoms with Crippen LogP contribution in [0, 0.1) is 0 Å². The molecule has 18 heavy (non-hydrogen) atoms. The maximum Gasteiger partial charge on any atom is 0.218 e. The fourth-order valence-corrected chi connectivity index (χ4v) is 1.74. The Morgan fingerprint density at radius 3 is 2.44 bits per heavy atom. The van der Waals surface area contributed by atoms with E-state index in [1.807, 2.05) is 0 Å². The first-order valence-corrected chi connectivity index (χ1v) is 5.63. The highest BCUT2D eigenvalue weighted by atomic mass is 35.5. The van der Waals surface area contributed by atoms with Crippen molar-refractivity contribution in [1.29, 1.82) is 0 Å². The van der Waals surface area contributed by atoms with Gasteiger partial charge < -0.3 is 10.2 Å². The summed E-state index contributed by atoms with van der Waals surface area (Å²) in [6.07, 6.45) is 1.36. The molecule has 2 N–H and O–H groups in total. The number of nitrogens with zero attached hydrogens (tertiary/aromatic N) is 1. The van der Waals surface area contributed by atoms with E-state index in [2.05, 4.69) is 4.98 Å². The molecule has 0 aliphatic rings. The van der Waals surface area contributed by atoms with Crippen LogP contribution in [0.15, 0.2) is 30.5 Å². The highest BCUT2D eigenvalue weighted by Crippen LogP contribution is 2.31. The number of rotatable bonds is 2. The van der Waals surface area contributed by atoms with E-state index in [0.717, 1.165) is 6.07 Å². The van der Waals surface area contributed by atoms with Gasteiger partial charge in [-0.05, 0) is 18.2 Å². The van der Waals surface area contributed by atoms with E-state index < -0.39 is 5.78 Å². The van der Waals surface area contributed by atoms with Crippen LogP contribution in [0.25, 0.3) is 0 Å². The molecule has 1 heterocycles. The van der Waals surface area contributed by atoms with Crippen LogP contribution in [0.2, 0.25) is 10.0 Å². The number of hydrogen-bond donors (Lipinski definition) is 2. The molecule has 2 rings (SSSR count). The highest BCUT2D eigenvalue weighted by molar-refractivity contribution is 6.42. The Labute approximate surface area is 112 Å². The lowest BCUT2D eigenvalue weighted by Crippen LogP contribution is -2.04. The number of carbonyl (C=O) groups excluding carboxylic acids is 1. The molecule has 0 spiro atoms. The van der Waals surface area contributed by atoms with Gasteiger partial charge in [-0.25, -0.2) is 4.98 Å². The largest absolute Gasteiger partial charge is 0.507 e. The second-order valence-corrected chi connectivity index (χ2v) is 4.30. The number of phenolic OH excluding ortho intramolecular Hbond substituents is 1. The number of aromatic hydroxyl groups is 2. The summed E-state index contributed by atoms with van der Waals surface area (Å²) < 4.78 is 0. The predicted molar refractivity (Wildman–Crippen MR) is 67.5 cm³/mol. The number of aromatic nitrogens is 1. The number of pyridine rings is 1. The topological polar surface area (TPSA) is 70.4 Å². The Bertz CT molecular complexity index is 629. The Hall–Kier alpha value is -1.78. The number of benzene rings is 1. The molecular weight excluding hydrogens is 277 g/mol. The van der Waals surface area contributed by atoms with E-state index in [-0.39, 0.29) is 32.8 Å². The number of phenols is 1. The second-order valence-electron chi connectivity index (χ2n) is 3.48. The standard InChI is InChI=1S/C12H7Cl2NO3/c13-7-4-6(10(17)5-8(7)14)12(18)11-9(16)2-1-3-15-11/h1-5,16-17H. The lowest BCUT2D eigenvalue weighted by atomic mass is 10.1. The molecule has 0 fully saturated rings. The third-order valence-corrected chi connectivity index (χ3v) is 3.01. The van der Waals surface area contributed by atoms with Crippen molar-refractivity contribution < 1.29 is 15.0 Å². The Morgan fingerprint density at radius 1 is 1.11 bits per heavy atom. The predicted octanol–water partition coefficient (Wildman–Crippen LogP) is 3.03. The molecule has 0 radical (unpaired) electrons. The van der Waals surface area contributed by atoms with Gasteiger partial charge in [0.15, 0.2) is 5.69 Å². The van der Waals surface area contributed by atoms with Crippen molar-refractivity contribution >= 4 is 29.0 Å². The molecule has 6 heteroatoms. The summed E-state index contributed by atoms with van der Waals surface area (Å²) in [4.78, 5) is 15.8. The van der Waals surface area contributed by atoms with E-state index >= 15 is 0 Å². The van der Waals surface area contributed by atoms with Crippen LogP contribution in [-0.4, -0.2) is 21.0 Å². The number of carbonyl (C=O) groups is 1. The fraction of sp³-hybridized carbons (Fsp3) is 0. The lowest BCUT2D eigenvalue weighted by molar-refractivity contribution is 0.102. The summed E-state index contributed by atoms with van der Waals surface area (Å²) >= 11 is 11.5. The Balaban J connectivity index is 2.53. The van der Waals surface area contributed by atoms with Crippen LogP contribution in [0.4, 0.5) is 0 Å². The maximum atomic E-state index is 12.1. The van der Waals surface area contributed by atoms with Crippen molar-refractivity contribution in [3.05, 3.63) is 51.8 Å². The summed E-state index contributed by atoms with van der Waals surface area (Å²) in [5.41, 5.74) is -0.232. The van der Waals surface area contributed by atoms with Gasteiger partial charge in [-0.2, -0.15) is 0 Å². The molecule has 92 valence electrons. The zero-order valence-corrected chi connectivity index (χ0v) is 10.4. The van der Waals surface area contributed by atoms with Gasteiger partial charge in [-0.15, -0.1) is 0 Å². The van der Waals surface area contributed by atoms with Gasteiger partial charge in [0.05, 0.1) is 15.6 Å². The summed E-state index contributed by atoms with van der Waals surface area (Å²) in [7, 11) is 0. The summed E-state index contributed by atoms with van der Waals surface area (Å²) in [5.74, 6) is -1.23. The van der Waals surface area contributed by atoms with Crippen LogP contribution < -0.4 is 0 Å². The molecule has 0 bridgehead atoms. The van der Waals surface area contributed by atoms with Gasteiger partial charge in [0.1, 0.15) is 11.5 Å². The molecule has 0 amide bonds. The third-order valence-electron chi connectivity index (χ3n) is 2.28. The zero-order valence-electron chi connectivity index (χ0n) is 8.89. The average molecular weight is 284 g/mol. The van der Waals surface area contributed by atoms with Crippen molar-refractivity contribution in [3.63, 3.8) is 0 Å². The molecule has 0 saturated carbocycles. The van der Waals surface area contributed by atoms with Crippen LogP contribution in [0.3, 0.4) is 0 Å². The first-order chi connectivity index (χ1) is 8.50. The normalized spacial score (nSPS) is 10.3. The minimum atomic E-state index is -0.635. The molecule has 1 aromatic carbocycles. The minimum absolute atomic E-state index is 0.0709. The average Bonchev–Trinajstić information content (AvgIpc) is 2.33. The highest BCUT2D eigenvalue weighted by Gasteiger charge is 2.19. The zero-order chi connectivity index (χ0) is 13.3. The number of halogens is 2. The molecule has 0 aliphatic carbocycles. The van der Waals surface area contributed by atoms with Crippen molar-refractivity contribution in [3.8, 4) is 11.5 Å². The Kier molecular flexibility index (Phi) is 3.41. The molecule has 0 unspecified atom stereocenters. The van der Waals surface area contributed by atoms with E-state index in [9.17, 15) is 15.0 Å². The van der Waals surface area contributed by atoms with Gasteiger partial charge in [0.25, 0.3) is 0 Å². The first kappa shape index (κ1) is 12.7. The molecule has 4 nitrogen and oxygen atoms in total. The molecular formula is C12H7Cl2NO3. The molecule has 0 aliphatic heterocycles. The van der Waals surface area contributed by atoms with E-state index in [1.54, 1.807) is 0 Å². The van der Waals surface area contributed by atoms with Crippen molar-refractivity contribution in [2.24, 2.45) is 0 Å². The molecule has 0 saturated heterocycles. The Morgan fingerprint density at radius 2 is 1.78 bits per heavy atom. The maximum absolute atomic E-state index is 12.1. The molecule has 0 atom stereocenters. The first-order valence-electron chi connectivity index (χ1n) is 4.87. The van der Waals surface area contributed by atoms with Crippen LogP contribution in [-0.2, 0) is 0 Å². The van der Waals surface area contributed by atoms with Gasteiger partial charge in [0.2, 0.25) is 5.78 Å². The van der Waals surface area contributed by atoms with Crippen molar-refractivity contribution in [2.75, 3.05) is 0 Å². The minimum Gasteiger partial charge on any atom is -0.507 e. The van der Waals surface area contributed by atoms with Crippen molar-refractivity contribution in [2.45, 2.75) is 0 Å². The van der Waals surface area contributed by atoms with Crippen molar-refractivity contribution in [1.82, 2.24) is 4.98 Å². The van der Waals surface area contributed by atoms with Crippen LogP contribution >= 0.6 is 23.2 Å². The number of ketones is 1. The van der Waals surface area contributed by atoms with Gasteiger partial charge >= 0.3 is 0 Å². The monoisotopic (exact) mass is 283 g/mol. The van der Waals surface area contributed by atoms with Crippen LogP contribution in [0.5, 0.6) is 11.5 Å². The summed E-state index contributed by atoms with van der Waals surface area (Å²) in [6.45, 7) is 0. The van der Waals surface area contributed by atoms with Gasteiger partial charge in [-0.3, -0.25) is 4.79 Å². The number of hydrogen-bond acceptors (Lipinski definition) is 4. The third kappa shape index (κ3) is 2.25. The van der Waals surface area contributed by atoms with E-state index in [4.69, 9.17) is 23.2 Å². The van der Waals surface area contributed by atoms with E-state index in [1.165, 1.54) is 24.4 Å². The summed E-state index contributed by atoms with van der Waals surface area (Å²) in [5, 5.41) is 19.5.